The van der Waals surface area contributed by atoms with Gasteiger partial charge in [0.05, 0.1) is 5.60 Å². The van der Waals surface area contributed by atoms with Gasteiger partial charge in [-0.15, -0.1) is 0 Å². The van der Waals surface area contributed by atoms with Crippen molar-refractivity contribution in [3.8, 4) is 0 Å². The van der Waals surface area contributed by atoms with Gasteiger partial charge in [-0.3, -0.25) is 0 Å². The second kappa shape index (κ2) is 11.5. The number of hydrogen-bond donors (Lipinski definition) is 1. The second-order valence-corrected chi connectivity index (χ2v) is 9.72. The molecule has 3 rings (SSSR count). The average molecular weight is 465 g/mol. The molecule has 0 aromatic heterocycles. The summed E-state index contributed by atoms with van der Waals surface area (Å²) in [5.41, 5.74) is 2.34. The van der Waals surface area contributed by atoms with Crippen molar-refractivity contribution in [2.24, 2.45) is 5.92 Å². The van der Waals surface area contributed by atoms with E-state index in [4.69, 9.17) is 9.47 Å². The third kappa shape index (κ3) is 7.04. The Morgan fingerprint density at radius 1 is 1.18 bits per heavy atom. The molecular weight excluding hydrogens is 428 g/mol. The van der Waals surface area contributed by atoms with E-state index in [0.29, 0.717) is 25.7 Å². The molecule has 1 heterocycles. The summed E-state index contributed by atoms with van der Waals surface area (Å²) >= 11 is 0. The van der Waals surface area contributed by atoms with Gasteiger partial charge in [0, 0.05) is 24.0 Å². The highest BCUT2D eigenvalue weighted by molar-refractivity contribution is 5.90. The van der Waals surface area contributed by atoms with Crippen LogP contribution in [0.3, 0.4) is 0 Å². The van der Waals surface area contributed by atoms with Crippen molar-refractivity contribution in [3.63, 3.8) is 0 Å². The van der Waals surface area contributed by atoms with Gasteiger partial charge in [-0.05, 0) is 64.5 Å². The lowest BCUT2D eigenvalue weighted by Crippen LogP contribution is -2.49. The molecule has 1 saturated heterocycles. The van der Waals surface area contributed by atoms with Crippen LogP contribution in [-0.2, 0) is 19.1 Å². The molecule has 2 bridgehead atoms. The van der Waals surface area contributed by atoms with E-state index in [-0.39, 0.29) is 5.57 Å². The zero-order valence-corrected chi connectivity index (χ0v) is 20.5. The predicted octanol–water partition coefficient (Wildman–Crippen LogP) is 5.71. The minimum Gasteiger partial charge on any atom is -0.458 e. The summed E-state index contributed by atoms with van der Waals surface area (Å²) < 4.78 is 11.5. The first-order valence-corrected chi connectivity index (χ1v) is 12.0. The van der Waals surface area contributed by atoms with Crippen LogP contribution in [0.1, 0.15) is 64.9 Å². The molecule has 1 aliphatic heterocycles. The number of carbonyl (C=O) groups excluding carboxylic acids is 2. The lowest BCUT2D eigenvalue weighted by molar-refractivity contribution is -0.173. The number of carbonyl (C=O) groups is 2. The molecule has 0 spiro atoms. The fourth-order valence-electron chi connectivity index (χ4n) is 4.54. The van der Waals surface area contributed by atoms with Crippen LogP contribution < -0.4 is 0 Å². The molecule has 1 aromatic carbocycles. The number of rotatable bonds is 3. The van der Waals surface area contributed by atoms with E-state index in [1.807, 2.05) is 37.3 Å². The molecule has 1 fully saturated rings. The van der Waals surface area contributed by atoms with Crippen LogP contribution in [-0.4, -0.2) is 34.9 Å². The van der Waals surface area contributed by atoms with Gasteiger partial charge in [-0.1, -0.05) is 60.2 Å². The number of fused-ring (bicyclic) bond motifs is 2. The Hall–Kier alpha value is -2.92. The van der Waals surface area contributed by atoms with Crippen LogP contribution in [0, 0.1) is 5.92 Å². The molecule has 4 unspecified atom stereocenters. The highest BCUT2D eigenvalue weighted by Crippen LogP contribution is 2.37. The fraction of sp³-hybridized carbons (Fsp3) is 0.448. The summed E-state index contributed by atoms with van der Waals surface area (Å²) in [4.78, 5) is 25.5. The molecule has 182 valence electrons. The maximum Gasteiger partial charge on any atom is 0.334 e. The van der Waals surface area contributed by atoms with Crippen LogP contribution >= 0.6 is 0 Å². The summed E-state index contributed by atoms with van der Waals surface area (Å²) in [7, 11) is 0. The molecule has 0 amide bonds. The van der Waals surface area contributed by atoms with Gasteiger partial charge >= 0.3 is 11.9 Å². The lowest BCUT2D eigenvalue weighted by atomic mass is 9.78. The first-order valence-electron chi connectivity index (χ1n) is 12.0. The predicted molar refractivity (Wildman–Crippen MR) is 134 cm³/mol. The number of hydrogen-bond acceptors (Lipinski definition) is 5. The van der Waals surface area contributed by atoms with Crippen LogP contribution in [0.5, 0.6) is 0 Å². The molecule has 5 nitrogen and oxygen atoms in total. The van der Waals surface area contributed by atoms with Gasteiger partial charge < -0.3 is 14.6 Å². The van der Waals surface area contributed by atoms with Crippen molar-refractivity contribution in [2.45, 2.75) is 77.1 Å². The Labute approximate surface area is 202 Å². The van der Waals surface area contributed by atoms with E-state index < -0.39 is 35.7 Å². The second-order valence-electron chi connectivity index (χ2n) is 9.72. The Kier molecular flexibility index (Phi) is 8.67. The number of allylic oxidation sites excluding steroid dienone is 3. The van der Waals surface area contributed by atoms with Gasteiger partial charge in [-0.25, -0.2) is 9.59 Å². The number of aliphatic hydroxyl groups is 1. The van der Waals surface area contributed by atoms with Crippen molar-refractivity contribution in [1.29, 1.82) is 0 Å². The maximum absolute atomic E-state index is 12.8. The van der Waals surface area contributed by atoms with Crippen LogP contribution in [0.25, 0.3) is 6.08 Å². The molecule has 1 aliphatic carbocycles. The summed E-state index contributed by atoms with van der Waals surface area (Å²) in [5.74, 6) is -1.45. The highest BCUT2D eigenvalue weighted by Gasteiger charge is 2.45. The van der Waals surface area contributed by atoms with Gasteiger partial charge in [0.15, 0.2) is 0 Å². The molecular formula is C29H36O5. The third-order valence-corrected chi connectivity index (χ3v) is 6.75. The largest absolute Gasteiger partial charge is 0.458 e. The van der Waals surface area contributed by atoms with E-state index >= 15 is 0 Å². The monoisotopic (exact) mass is 464 g/mol. The number of esters is 2. The first kappa shape index (κ1) is 25.7. The van der Waals surface area contributed by atoms with E-state index in [2.05, 4.69) is 25.7 Å². The molecule has 4 atom stereocenters. The summed E-state index contributed by atoms with van der Waals surface area (Å²) in [6.07, 6.45) is 9.98. The van der Waals surface area contributed by atoms with Crippen molar-refractivity contribution in [2.75, 3.05) is 0 Å². The minimum absolute atomic E-state index is 0.285. The lowest BCUT2D eigenvalue weighted by Gasteiger charge is -2.40. The van der Waals surface area contributed by atoms with Crippen molar-refractivity contribution in [3.05, 3.63) is 77.4 Å². The van der Waals surface area contributed by atoms with E-state index in [1.165, 1.54) is 11.6 Å². The first-order chi connectivity index (χ1) is 16.2. The number of benzene rings is 1. The van der Waals surface area contributed by atoms with E-state index in [1.54, 1.807) is 13.0 Å². The zero-order chi connectivity index (χ0) is 24.7. The van der Waals surface area contributed by atoms with Crippen molar-refractivity contribution in [1.82, 2.24) is 0 Å². The van der Waals surface area contributed by atoms with Gasteiger partial charge in [0.25, 0.3) is 0 Å². The van der Waals surface area contributed by atoms with Crippen LogP contribution in [0.2, 0.25) is 0 Å². The topological polar surface area (TPSA) is 72.8 Å². The molecule has 1 N–H and O–H groups in total. The molecule has 1 aromatic rings. The molecule has 34 heavy (non-hydrogen) atoms. The molecule has 5 heteroatoms. The maximum atomic E-state index is 12.8. The normalized spacial score (nSPS) is 32.1. The van der Waals surface area contributed by atoms with Crippen molar-refractivity contribution < 1.29 is 24.2 Å². The SMILES string of the molecule is C=C1C(=O)OC2CC1C(OC(=O)/C=C/c1ccccc1)C/C(C)=C\CC/C(C)=C\CCC2(C)O. The smallest absolute Gasteiger partial charge is 0.334 e. The van der Waals surface area contributed by atoms with Crippen molar-refractivity contribution >= 4 is 18.0 Å². The Bertz CT molecular complexity index is 983. The van der Waals surface area contributed by atoms with Gasteiger partial charge in [-0.2, -0.15) is 0 Å². The minimum atomic E-state index is -1.19. The summed E-state index contributed by atoms with van der Waals surface area (Å²) in [6.45, 7) is 9.77. The molecule has 2 aliphatic rings. The molecule has 0 radical (unpaired) electrons. The van der Waals surface area contributed by atoms with Gasteiger partial charge in [0.2, 0.25) is 0 Å². The standard InChI is InChI=1S/C29H36O5/c1-20-10-8-11-21(2)18-25(33-27(30)16-15-23-13-6-5-7-14-23)24-19-26(34-28(31)22(24)3)29(4,32)17-9-12-20/h5-7,11-16,24-26,32H,3,8-10,17-19H2,1-2,4H3/b16-15+,20-12-,21-11-. The van der Waals surface area contributed by atoms with Gasteiger partial charge in [0.1, 0.15) is 12.2 Å². The van der Waals surface area contributed by atoms with E-state index in [9.17, 15) is 14.7 Å². The highest BCUT2D eigenvalue weighted by atomic mass is 16.6. The molecule has 0 saturated carbocycles. The quantitative estimate of drug-likeness (QED) is 0.353. The Morgan fingerprint density at radius 3 is 2.62 bits per heavy atom. The summed E-state index contributed by atoms with van der Waals surface area (Å²) in [6, 6.07) is 9.52. The summed E-state index contributed by atoms with van der Waals surface area (Å²) in [5, 5.41) is 11.2. The van der Waals surface area contributed by atoms with E-state index in [0.717, 1.165) is 24.0 Å². The van der Waals surface area contributed by atoms with Crippen LogP contribution in [0.15, 0.2) is 71.9 Å². The number of ether oxygens (including phenoxy) is 2. The Balaban J connectivity index is 1.88. The third-order valence-electron chi connectivity index (χ3n) is 6.75. The fourth-order valence-corrected chi connectivity index (χ4v) is 4.54. The van der Waals surface area contributed by atoms with Crippen LogP contribution in [0.4, 0.5) is 0 Å². The average Bonchev–Trinajstić information content (AvgIpc) is 2.79. The zero-order valence-electron chi connectivity index (χ0n) is 20.5. The Morgan fingerprint density at radius 2 is 1.88 bits per heavy atom.